The van der Waals surface area contributed by atoms with Gasteiger partial charge in [-0.15, -0.1) is 0 Å². The average molecular weight is 297 g/mol. The van der Waals surface area contributed by atoms with Crippen LogP contribution in [0.4, 0.5) is 5.69 Å². The van der Waals surface area contributed by atoms with E-state index < -0.39 is 10.0 Å². The molecule has 0 bridgehead atoms. The van der Waals surface area contributed by atoms with Gasteiger partial charge in [-0.25, -0.2) is 13.6 Å². The maximum Gasteiger partial charge on any atom is 0.238 e. The predicted octanol–water partition coefficient (Wildman–Crippen LogP) is 0.579. The fraction of sp³-hybridized carbons (Fsp3) is 0.462. The van der Waals surface area contributed by atoms with Gasteiger partial charge < -0.3 is 10.6 Å². The number of nitrogens with two attached hydrogens (primary N) is 1. The Hall–Kier alpha value is -1.44. The third-order valence-corrected chi connectivity index (χ3v) is 4.68. The molecule has 2 atom stereocenters. The first kappa shape index (κ1) is 15.0. The van der Waals surface area contributed by atoms with Crippen LogP contribution in [0.25, 0.3) is 0 Å². The highest BCUT2D eigenvalue weighted by atomic mass is 32.2. The highest BCUT2D eigenvalue weighted by Crippen LogP contribution is 2.21. The number of nitrogens with one attached hydrogen (secondary N) is 2. The summed E-state index contributed by atoms with van der Waals surface area (Å²) in [7, 11) is -3.79. The minimum absolute atomic E-state index is 0.0351. The van der Waals surface area contributed by atoms with Crippen molar-refractivity contribution in [1.29, 1.82) is 0 Å². The zero-order valence-electron chi connectivity index (χ0n) is 11.5. The van der Waals surface area contributed by atoms with Gasteiger partial charge in [-0.3, -0.25) is 4.79 Å². The first-order valence-electron chi connectivity index (χ1n) is 6.47. The molecule has 2 unspecified atom stereocenters. The largest absolute Gasteiger partial charge is 0.326 e. The number of benzene rings is 1. The maximum atomic E-state index is 12.1. The summed E-state index contributed by atoms with van der Waals surface area (Å²) in [6.07, 6.45) is 0.779. The number of primary sulfonamides is 1. The minimum atomic E-state index is -3.79. The molecule has 2 rings (SSSR count). The molecule has 0 aromatic heterocycles. The molecule has 1 heterocycles. The van der Waals surface area contributed by atoms with Gasteiger partial charge >= 0.3 is 0 Å². The van der Waals surface area contributed by atoms with Crippen LogP contribution >= 0.6 is 0 Å². The number of sulfonamides is 1. The quantitative estimate of drug-likeness (QED) is 0.759. The maximum absolute atomic E-state index is 12.1. The van der Waals surface area contributed by atoms with Crippen molar-refractivity contribution in [3.63, 3.8) is 0 Å². The summed E-state index contributed by atoms with van der Waals surface area (Å²) < 4.78 is 22.9. The van der Waals surface area contributed by atoms with E-state index in [1.54, 1.807) is 19.1 Å². The zero-order chi connectivity index (χ0) is 14.9. The van der Waals surface area contributed by atoms with Crippen molar-refractivity contribution in [2.75, 3.05) is 11.9 Å². The molecule has 1 aromatic rings. The van der Waals surface area contributed by atoms with Crippen LogP contribution in [0, 0.1) is 12.8 Å². The van der Waals surface area contributed by atoms with Gasteiger partial charge in [0.25, 0.3) is 0 Å². The molecular weight excluding hydrogens is 278 g/mol. The lowest BCUT2D eigenvalue weighted by atomic mass is 10.0. The second-order valence-electron chi connectivity index (χ2n) is 5.15. The Morgan fingerprint density at radius 2 is 2.15 bits per heavy atom. The molecule has 0 saturated carbocycles. The van der Waals surface area contributed by atoms with Crippen LogP contribution in [0.5, 0.6) is 0 Å². The van der Waals surface area contributed by atoms with Crippen molar-refractivity contribution in [2.45, 2.75) is 31.2 Å². The van der Waals surface area contributed by atoms with Crippen LogP contribution in [-0.2, 0) is 14.8 Å². The number of rotatable bonds is 3. The van der Waals surface area contributed by atoms with Crippen LogP contribution in [0.15, 0.2) is 23.1 Å². The monoisotopic (exact) mass is 297 g/mol. The van der Waals surface area contributed by atoms with Crippen LogP contribution in [0.1, 0.15) is 18.9 Å². The SMILES string of the molecule is Cc1ccc(NC(=O)C2CCNC2C)cc1S(N)(=O)=O. The molecule has 1 aliphatic heterocycles. The molecular formula is C13H19N3O3S. The second-order valence-corrected chi connectivity index (χ2v) is 6.68. The van der Waals surface area contributed by atoms with Gasteiger partial charge in [0.2, 0.25) is 15.9 Å². The van der Waals surface area contributed by atoms with Gasteiger partial charge in [-0.2, -0.15) is 0 Å². The Morgan fingerprint density at radius 3 is 2.70 bits per heavy atom. The Balaban J connectivity index is 2.20. The average Bonchev–Trinajstić information content (AvgIpc) is 2.76. The number of aryl methyl sites for hydroxylation is 1. The zero-order valence-corrected chi connectivity index (χ0v) is 12.3. The van der Waals surface area contributed by atoms with E-state index >= 15 is 0 Å². The van der Waals surface area contributed by atoms with E-state index in [9.17, 15) is 13.2 Å². The van der Waals surface area contributed by atoms with E-state index in [1.165, 1.54) is 6.07 Å². The molecule has 1 saturated heterocycles. The molecule has 4 N–H and O–H groups in total. The third-order valence-electron chi connectivity index (χ3n) is 3.62. The minimum Gasteiger partial charge on any atom is -0.326 e. The van der Waals surface area contributed by atoms with Gasteiger partial charge in [0.1, 0.15) is 0 Å². The predicted molar refractivity (Wildman–Crippen MR) is 76.8 cm³/mol. The fourth-order valence-electron chi connectivity index (χ4n) is 2.44. The van der Waals surface area contributed by atoms with Gasteiger partial charge in [0.15, 0.2) is 0 Å². The lowest BCUT2D eigenvalue weighted by Crippen LogP contribution is -2.32. The van der Waals surface area contributed by atoms with Crippen LogP contribution in [0.3, 0.4) is 0 Å². The summed E-state index contributed by atoms with van der Waals surface area (Å²) in [5.41, 5.74) is 1.00. The molecule has 1 aliphatic rings. The summed E-state index contributed by atoms with van der Waals surface area (Å²) in [5, 5.41) is 11.1. The molecule has 7 heteroatoms. The smallest absolute Gasteiger partial charge is 0.238 e. The number of amides is 1. The summed E-state index contributed by atoms with van der Waals surface area (Å²) in [4.78, 5) is 12.2. The molecule has 1 fully saturated rings. The normalized spacial score (nSPS) is 22.8. The van der Waals surface area contributed by atoms with E-state index in [0.717, 1.165) is 13.0 Å². The van der Waals surface area contributed by atoms with Crippen molar-refractivity contribution in [3.8, 4) is 0 Å². The molecule has 1 aromatic carbocycles. The summed E-state index contributed by atoms with van der Waals surface area (Å²) in [6, 6.07) is 4.83. The van der Waals surface area contributed by atoms with E-state index in [1.807, 2.05) is 6.92 Å². The lowest BCUT2D eigenvalue weighted by Gasteiger charge is -2.15. The summed E-state index contributed by atoms with van der Waals surface area (Å²) in [6.45, 7) is 4.44. The highest BCUT2D eigenvalue weighted by Gasteiger charge is 2.29. The fourth-order valence-corrected chi connectivity index (χ4v) is 3.24. The Bertz CT molecular complexity index is 628. The van der Waals surface area contributed by atoms with Crippen molar-refractivity contribution in [1.82, 2.24) is 5.32 Å². The van der Waals surface area contributed by atoms with E-state index in [4.69, 9.17) is 5.14 Å². The number of anilines is 1. The van der Waals surface area contributed by atoms with E-state index in [0.29, 0.717) is 11.3 Å². The summed E-state index contributed by atoms with van der Waals surface area (Å²) in [5.74, 6) is -0.207. The van der Waals surface area contributed by atoms with Crippen molar-refractivity contribution in [2.24, 2.45) is 11.1 Å². The van der Waals surface area contributed by atoms with E-state index in [-0.39, 0.29) is 22.8 Å². The Labute approximate surface area is 118 Å². The number of hydrogen-bond donors (Lipinski definition) is 3. The molecule has 0 spiro atoms. The van der Waals surface area contributed by atoms with Gasteiger partial charge in [0, 0.05) is 11.7 Å². The number of hydrogen-bond acceptors (Lipinski definition) is 4. The number of carbonyl (C=O) groups excluding carboxylic acids is 1. The summed E-state index contributed by atoms with van der Waals surface area (Å²) >= 11 is 0. The standard InChI is InChI=1S/C13H19N3O3S/c1-8-3-4-10(7-12(8)20(14,18)19)16-13(17)11-5-6-15-9(11)2/h3-4,7,9,11,15H,5-6H2,1-2H3,(H,16,17)(H2,14,18,19). The Kier molecular flexibility index (Phi) is 4.12. The molecule has 6 nitrogen and oxygen atoms in total. The Morgan fingerprint density at radius 1 is 1.45 bits per heavy atom. The highest BCUT2D eigenvalue weighted by molar-refractivity contribution is 7.89. The molecule has 0 radical (unpaired) electrons. The van der Waals surface area contributed by atoms with Gasteiger partial charge in [0.05, 0.1) is 10.8 Å². The van der Waals surface area contributed by atoms with Crippen molar-refractivity contribution < 1.29 is 13.2 Å². The third kappa shape index (κ3) is 3.17. The number of carbonyl (C=O) groups is 1. The van der Waals surface area contributed by atoms with Crippen molar-refractivity contribution >= 4 is 21.6 Å². The first-order valence-corrected chi connectivity index (χ1v) is 8.01. The first-order chi connectivity index (χ1) is 9.29. The lowest BCUT2D eigenvalue weighted by molar-refractivity contribution is -0.120. The second kappa shape index (κ2) is 5.51. The van der Waals surface area contributed by atoms with Gasteiger partial charge in [-0.05, 0) is 44.5 Å². The van der Waals surface area contributed by atoms with Crippen LogP contribution in [0.2, 0.25) is 0 Å². The molecule has 110 valence electrons. The molecule has 0 aliphatic carbocycles. The van der Waals surface area contributed by atoms with E-state index in [2.05, 4.69) is 10.6 Å². The molecule has 1 amide bonds. The van der Waals surface area contributed by atoms with Crippen LogP contribution in [-0.4, -0.2) is 26.9 Å². The van der Waals surface area contributed by atoms with Gasteiger partial charge in [-0.1, -0.05) is 6.07 Å². The van der Waals surface area contributed by atoms with Crippen molar-refractivity contribution in [3.05, 3.63) is 23.8 Å². The molecule has 20 heavy (non-hydrogen) atoms. The van der Waals surface area contributed by atoms with Crippen LogP contribution < -0.4 is 15.8 Å². The topological polar surface area (TPSA) is 101 Å².